The van der Waals surface area contributed by atoms with Gasteiger partial charge in [0.1, 0.15) is 0 Å². The predicted octanol–water partition coefficient (Wildman–Crippen LogP) is 1.63. The molecule has 1 unspecified atom stereocenters. The Morgan fingerprint density at radius 1 is 1.00 bits per heavy atom. The van der Waals surface area contributed by atoms with E-state index in [0.717, 1.165) is 38.8 Å². The highest BCUT2D eigenvalue weighted by atomic mass is 16.2. The van der Waals surface area contributed by atoms with Crippen LogP contribution in [0.4, 0.5) is 0 Å². The highest BCUT2D eigenvalue weighted by molar-refractivity contribution is 6.38. The Kier molecular flexibility index (Phi) is 8.38. The molecule has 1 saturated carbocycles. The zero-order chi connectivity index (χ0) is 18.1. The molecule has 0 bridgehead atoms. The van der Waals surface area contributed by atoms with Gasteiger partial charge >= 0.3 is 0 Å². The summed E-state index contributed by atoms with van der Waals surface area (Å²) < 4.78 is 0. The number of rotatable bonds is 8. The first kappa shape index (κ1) is 19.9. The van der Waals surface area contributed by atoms with Crippen LogP contribution in [-0.4, -0.2) is 54.7 Å². The molecule has 0 spiro atoms. The maximum atomic E-state index is 12.3. The molecule has 142 valence electrons. The highest BCUT2D eigenvalue weighted by Crippen LogP contribution is 2.22. The van der Waals surface area contributed by atoms with Crippen LogP contribution in [-0.2, 0) is 14.4 Å². The van der Waals surface area contributed by atoms with E-state index in [1.807, 2.05) is 6.92 Å². The SMILES string of the molecule is CCC(NC(=O)CN1CCCCC1)C(=O)C(=O)NCC1CCCCC1. The van der Waals surface area contributed by atoms with Gasteiger partial charge < -0.3 is 10.6 Å². The number of carbonyl (C=O) groups excluding carboxylic acids is 3. The predicted molar refractivity (Wildman–Crippen MR) is 97.1 cm³/mol. The molecule has 6 heteroatoms. The lowest BCUT2D eigenvalue weighted by molar-refractivity contribution is -0.140. The molecule has 0 aromatic carbocycles. The summed E-state index contributed by atoms with van der Waals surface area (Å²) in [6.45, 7) is 4.56. The molecule has 0 aromatic rings. The molecule has 25 heavy (non-hydrogen) atoms. The Morgan fingerprint density at radius 2 is 1.64 bits per heavy atom. The molecular weight excluding hydrogens is 318 g/mol. The fourth-order valence-electron chi connectivity index (χ4n) is 3.79. The minimum absolute atomic E-state index is 0.165. The van der Waals surface area contributed by atoms with Crippen molar-refractivity contribution < 1.29 is 14.4 Å². The molecule has 1 heterocycles. The maximum Gasteiger partial charge on any atom is 0.289 e. The molecule has 0 aromatic heterocycles. The lowest BCUT2D eigenvalue weighted by Gasteiger charge is -2.26. The zero-order valence-corrected chi connectivity index (χ0v) is 15.5. The number of amides is 2. The molecule has 2 N–H and O–H groups in total. The first-order chi connectivity index (χ1) is 12.1. The highest BCUT2D eigenvalue weighted by Gasteiger charge is 2.26. The summed E-state index contributed by atoms with van der Waals surface area (Å²) in [6.07, 6.45) is 9.81. The molecule has 1 atom stereocenters. The van der Waals surface area contributed by atoms with Crippen LogP contribution in [0.2, 0.25) is 0 Å². The van der Waals surface area contributed by atoms with Gasteiger partial charge in [0.25, 0.3) is 5.91 Å². The van der Waals surface area contributed by atoms with E-state index in [1.165, 1.54) is 25.7 Å². The van der Waals surface area contributed by atoms with E-state index in [0.29, 0.717) is 25.4 Å². The van der Waals surface area contributed by atoms with Crippen LogP contribution < -0.4 is 10.6 Å². The van der Waals surface area contributed by atoms with Gasteiger partial charge in [0.15, 0.2) is 0 Å². The topological polar surface area (TPSA) is 78.5 Å². The number of nitrogens with one attached hydrogen (secondary N) is 2. The van der Waals surface area contributed by atoms with Crippen LogP contribution in [0, 0.1) is 5.92 Å². The van der Waals surface area contributed by atoms with Gasteiger partial charge in [-0.25, -0.2) is 0 Å². The minimum atomic E-state index is -0.719. The Bertz CT molecular complexity index is 455. The van der Waals surface area contributed by atoms with E-state index in [1.54, 1.807) is 0 Å². The second-order valence-electron chi connectivity index (χ2n) is 7.44. The van der Waals surface area contributed by atoms with Crippen molar-refractivity contribution in [3.05, 3.63) is 0 Å². The molecular formula is C19H33N3O3. The summed E-state index contributed by atoms with van der Waals surface area (Å²) in [6, 6.07) is -0.719. The van der Waals surface area contributed by atoms with Crippen molar-refractivity contribution >= 4 is 17.6 Å². The number of piperidine rings is 1. The van der Waals surface area contributed by atoms with Gasteiger partial charge in [-0.3, -0.25) is 19.3 Å². The third-order valence-electron chi connectivity index (χ3n) is 5.38. The summed E-state index contributed by atoms with van der Waals surface area (Å²) >= 11 is 0. The lowest BCUT2D eigenvalue weighted by Crippen LogP contribution is -2.50. The van der Waals surface area contributed by atoms with Crippen molar-refractivity contribution in [3.8, 4) is 0 Å². The van der Waals surface area contributed by atoms with E-state index in [4.69, 9.17) is 0 Å². The van der Waals surface area contributed by atoms with Crippen molar-refractivity contribution in [1.29, 1.82) is 0 Å². The number of Topliss-reactive ketones (excluding diaryl/α,β-unsaturated/α-hetero) is 1. The van der Waals surface area contributed by atoms with Gasteiger partial charge in [-0.2, -0.15) is 0 Å². The zero-order valence-electron chi connectivity index (χ0n) is 15.5. The third kappa shape index (κ3) is 6.77. The van der Waals surface area contributed by atoms with Gasteiger partial charge in [-0.15, -0.1) is 0 Å². The fourth-order valence-corrected chi connectivity index (χ4v) is 3.79. The molecule has 2 aliphatic rings. The van der Waals surface area contributed by atoms with Crippen molar-refractivity contribution in [3.63, 3.8) is 0 Å². The van der Waals surface area contributed by atoms with Crippen LogP contribution in [0.15, 0.2) is 0 Å². The first-order valence-corrected chi connectivity index (χ1v) is 9.94. The number of likely N-dealkylation sites (tertiary alicyclic amines) is 1. The van der Waals surface area contributed by atoms with Crippen LogP contribution >= 0.6 is 0 Å². The molecule has 2 fully saturated rings. The average Bonchev–Trinajstić information content (AvgIpc) is 2.65. The number of ketones is 1. The molecule has 1 aliphatic heterocycles. The summed E-state index contributed by atoms with van der Waals surface area (Å²) in [7, 11) is 0. The van der Waals surface area contributed by atoms with Crippen LogP contribution in [0.3, 0.4) is 0 Å². The first-order valence-electron chi connectivity index (χ1n) is 9.94. The normalized spacial score (nSPS) is 20.7. The monoisotopic (exact) mass is 351 g/mol. The standard InChI is InChI=1S/C19H33N3O3/c1-2-16(21-17(23)14-22-11-7-4-8-12-22)18(24)19(25)20-13-15-9-5-3-6-10-15/h15-16H,2-14H2,1H3,(H,20,25)(H,21,23). The summed E-state index contributed by atoms with van der Waals surface area (Å²) in [5.74, 6) is -0.762. The molecule has 2 amide bonds. The van der Waals surface area contributed by atoms with Gasteiger partial charge in [-0.1, -0.05) is 32.6 Å². The van der Waals surface area contributed by atoms with Crippen molar-refractivity contribution in [2.75, 3.05) is 26.2 Å². The van der Waals surface area contributed by atoms with Crippen molar-refractivity contribution in [2.45, 2.75) is 70.8 Å². The molecule has 2 rings (SSSR count). The van der Waals surface area contributed by atoms with Crippen LogP contribution in [0.5, 0.6) is 0 Å². The van der Waals surface area contributed by atoms with Gasteiger partial charge in [-0.05, 0) is 51.1 Å². The Labute approximate surface area is 151 Å². The third-order valence-corrected chi connectivity index (χ3v) is 5.38. The number of carbonyl (C=O) groups is 3. The Morgan fingerprint density at radius 3 is 2.28 bits per heavy atom. The van der Waals surface area contributed by atoms with E-state index < -0.39 is 17.7 Å². The van der Waals surface area contributed by atoms with E-state index in [-0.39, 0.29) is 5.91 Å². The van der Waals surface area contributed by atoms with Gasteiger partial charge in [0, 0.05) is 6.54 Å². The quantitative estimate of drug-likeness (QED) is 0.652. The number of hydrogen-bond donors (Lipinski definition) is 2. The molecule has 6 nitrogen and oxygen atoms in total. The fraction of sp³-hybridized carbons (Fsp3) is 0.842. The summed E-state index contributed by atoms with van der Waals surface area (Å²) in [5.41, 5.74) is 0. The Balaban J connectivity index is 1.74. The second kappa shape index (κ2) is 10.5. The molecule has 1 saturated heterocycles. The van der Waals surface area contributed by atoms with Gasteiger partial charge in [0.05, 0.1) is 12.6 Å². The van der Waals surface area contributed by atoms with E-state index >= 15 is 0 Å². The summed E-state index contributed by atoms with van der Waals surface area (Å²) in [4.78, 5) is 38.8. The number of hydrogen-bond acceptors (Lipinski definition) is 4. The number of nitrogens with zero attached hydrogens (tertiary/aromatic N) is 1. The maximum absolute atomic E-state index is 12.3. The largest absolute Gasteiger partial charge is 0.349 e. The smallest absolute Gasteiger partial charge is 0.289 e. The average molecular weight is 351 g/mol. The summed E-state index contributed by atoms with van der Waals surface area (Å²) in [5, 5.41) is 5.51. The van der Waals surface area contributed by atoms with E-state index in [9.17, 15) is 14.4 Å². The molecule has 0 radical (unpaired) electrons. The minimum Gasteiger partial charge on any atom is -0.349 e. The lowest BCUT2D eigenvalue weighted by atomic mass is 9.89. The van der Waals surface area contributed by atoms with E-state index in [2.05, 4.69) is 15.5 Å². The van der Waals surface area contributed by atoms with Crippen LogP contribution in [0.1, 0.15) is 64.7 Å². The van der Waals surface area contributed by atoms with Crippen LogP contribution in [0.25, 0.3) is 0 Å². The molecule has 1 aliphatic carbocycles. The van der Waals surface area contributed by atoms with Crippen molar-refractivity contribution in [2.24, 2.45) is 5.92 Å². The Hall–Kier alpha value is -1.43. The van der Waals surface area contributed by atoms with Crippen molar-refractivity contribution in [1.82, 2.24) is 15.5 Å². The van der Waals surface area contributed by atoms with Gasteiger partial charge in [0.2, 0.25) is 11.7 Å². The second-order valence-corrected chi connectivity index (χ2v) is 7.44.